The zero-order valence-electron chi connectivity index (χ0n) is 12.5. The number of hydrogen-bond acceptors (Lipinski definition) is 7. The fraction of sp³-hybridized carbons (Fsp3) is 0.571. The first kappa shape index (κ1) is 15.5. The van der Waals surface area contributed by atoms with E-state index in [4.69, 9.17) is 18.9 Å². The molecule has 0 aromatic carbocycles. The smallest absolute Gasteiger partial charge is 0.336 e. The van der Waals surface area contributed by atoms with Crippen LogP contribution in [0.25, 0.3) is 0 Å². The Morgan fingerprint density at radius 2 is 2.24 bits per heavy atom. The van der Waals surface area contributed by atoms with Gasteiger partial charge in [-0.1, -0.05) is 0 Å². The van der Waals surface area contributed by atoms with Gasteiger partial charge in [-0.3, -0.25) is 9.88 Å². The summed E-state index contributed by atoms with van der Waals surface area (Å²) in [5.74, 6) is 0.895. The number of carbonyl (C=O) groups is 1. The van der Waals surface area contributed by atoms with Crippen LogP contribution in [0.4, 0.5) is 0 Å². The van der Waals surface area contributed by atoms with Crippen molar-refractivity contribution in [3.63, 3.8) is 0 Å². The lowest BCUT2D eigenvalue weighted by molar-refractivity contribution is -0.160. The lowest BCUT2D eigenvalue weighted by Crippen LogP contribution is -2.46. The average Bonchev–Trinajstić information content (AvgIpc) is 2.54. The van der Waals surface area contributed by atoms with Crippen LogP contribution >= 0.6 is 0 Å². The highest BCUT2D eigenvalue weighted by Crippen LogP contribution is 2.30. The predicted octanol–water partition coefficient (Wildman–Crippen LogP) is 0.473. The van der Waals surface area contributed by atoms with Gasteiger partial charge in [-0.15, -0.1) is 0 Å². The summed E-state index contributed by atoms with van der Waals surface area (Å²) in [6, 6.07) is 1.75. The van der Waals surface area contributed by atoms with Crippen molar-refractivity contribution in [3.05, 3.63) is 18.0 Å². The second-order valence-electron chi connectivity index (χ2n) is 4.61. The summed E-state index contributed by atoms with van der Waals surface area (Å²) in [6.45, 7) is 2.22. The number of esters is 1. The van der Waals surface area contributed by atoms with Gasteiger partial charge in [0.2, 0.25) is 0 Å². The predicted molar refractivity (Wildman–Crippen MR) is 74.4 cm³/mol. The molecule has 7 nitrogen and oxygen atoms in total. The molecule has 0 amide bonds. The van der Waals surface area contributed by atoms with Crippen LogP contribution in [0.15, 0.2) is 12.3 Å². The van der Waals surface area contributed by atoms with Crippen LogP contribution in [-0.4, -0.2) is 63.0 Å². The Hall–Kier alpha value is -1.86. The van der Waals surface area contributed by atoms with Crippen molar-refractivity contribution in [1.82, 2.24) is 9.88 Å². The lowest BCUT2D eigenvalue weighted by Gasteiger charge is -2.31. The molecular formula is C14H20N2O5. The zero-order valence-corrected chi connectivity index (χ0v) is 12.5. The van der Waals surface area contributed by atoms with E-state index in [1.807, 2.05) is 0 Å². The van der Waals surface area contributed by atoms with Gasteiger partial charge >= 0.3 is 5.97 Å². The third kappa shape index (κ3) is 3.62. The molecule has 1 aromatic heterocycles. The molecule has 0 saturated carbocycles. The summed E-state index contributed by atoms with van der Waals surface area (Å²) in [5, 5.41) is 0. The van der Waals surface area contributed by atoms with Crippen LogP contribution < -0.4 is 9.47 Å². The van der Waals surface area contributed by atoms with Crippen molar-refractivity contribution in [2.75, 3.05) is 41.0 Å². The van der Waals surface area contributed by atoms with Gasteiger partial charge < -0.3 is 18.9 Å². The Kier molecular flexibility index (Phi) is 5.35. The minimum atomic E-state index is -0.555. The van der Waals surface area contributed by atoms with Gasteiger partial charge in [0, 0.05) is 31.9 Å². The molecule has 1 aliphatic heterocycles. The van der Waals surface area contributed by atoms with E-state index in [9.17, 15) is 4.79 Å². The number of morpholine rings is 1. The highest BCUT2D eigenvalue weighted by molar-refractivity contribution is 5.74. The molecule has 1 saturated heterocycles. The molecule has 2 heterocycles. The summed E-state index contributed by atoms with van der Waals surface area (Å²) in [7, 11) is 4.53. The standard InChI is InChI=1S/C14H20N2O5/c1-18-11-4-5-15-10(13(11)19-2)8-16-6-7-21-12(9-16)14(17)20-3/h4-5,12H,6-9H2,1-3H3. The van der Waals surface area contributed by atoms with Crippen molar-refractivity contribution >= 4 is 5.97 Å². The van der Waals surface area contributed by atoms with Crippen LogP contribution in [0, 0.1) is 0 Å². The van der Waals surface area contributed by atoms with Gasteiger partial charge in [-0.05, 0) is 0 Å². The Balaban J connectivity index is 2.09. The largest absolute Gasteiger partial charge is 0.493 e. The summed E-state index contributed by atoms with van der Waals surface area (Å²) in [6.07, 6.45) is 1.12. The molecule has 1 aromatic rings. The molecule has 0 bridgehead atoms. The van der Waals surface area contributed by atoms with E-state index in [0.29, 0.717) is 31.2 Å². The van der Waals surface area contributed by atoms with E-state index >= 15 is 0 Å². The topological polar surface area (TPSA) is 70.1 Å². The van der Waals surface area contributed by atoms with Crippen molar-refractivity contribution in [1.29, 1.82) is 0 Å². The number of hydrogen-bond donors (Lipinski definition) is 0. The van der Waals surface area contributed by atoms with Crippen LogP contribution in [0.2, 0.25) is 0 Å². The average molecular weight is 296 g/mol. The highest BCUT2D eigenvalue weighted by Gasteiger charge is 2.28. The third-order valence-corrected chi connectivity index (χ3v) is 3.35. The number of nitrogens with zero attached hydrogens (tertiary/aromatic N) is 2. The minimum Gasteiger partial charge on any atom is -0.493 e. The van der Waals surface area contributed by atoms with Crippen molar-refractivity contribution in [3.8, 4) is 11.5 Å². The highest BCUT2D eigenvalue weighted by atomic mass is 16.6. The summed E-state index contributed by atoms with van der Waals surface area (Å²) < 4.78 is 20.8. The molecule has 0 aliphatic carbocycles. The second-order valence-corrected chi connectivity index (χ2v) is 4.61. The number of ether oxygens (including phenoxy) is 4. The number of aromatic nitrogens is 1. The van der Waals surface area contributed by atoms with Crippen molar-refractivity contribution in [2.45, 2.75) is 12.6 Å². The Labute approximate surface area is 123 Å². The maximum atomic E-state index is 11.6. The van der Waals surface area contributed by atoms with Gasteiger partial charge in [-0.25, -0.2) is 4.79 Å². The van der Waals surface area contributed by atoms with E-state index in [2.05, 4.69) is 9.88 Å². The first-order chi connectivity index (χ1) is 10.2. The molecule has 116 valence electrons. The van der Waals surface area contributed by atoms with Gasteiger partial charge in [0.1, 0.15) is 5.69 Å². The maximum absolute atomic E-state index is 11.6. The number of carbonyl (C=O) groups excluding carboxylic acids is 1. The second kappa shape index (κ2) is 7.24. The lowest BCUT2D eigenvalue weighted by atomic mass is 10.2. The van der Waals surface area contributed by atoms with Crippen molar-refractivity contribution < 1.29 is 23.7 Å². The monoisotopic (exact) mass is 296 g/mol. The molecule has 2 rings (SSSR count). The molecule has 1 atom stereocenters. The van der Waals surface area contributed by atoms with E-state index in [1.165, 1.54) is 7.11 Å². The fourth-order valence-corrected chi connectivity index (χ4v) is 2.30. The SMILES string of the molecule is COC(=O)C1CN(Cc2nccc(OC)c2OC)CCO1. The van der Waals surface area contributed by atoms with Crippen molar-refractivity contribution in [2.24, 2.45) is 0 Å². The molecule has 1 aliphatic rings. The van der Waals surface area contributed by atoms with E-state index < -0.39 is 6.10 Å². The first-order valence-electron chi connectivity index (χ1n) is 6.67. The Bertz CT molecular complexity index is 494. The summed E-state index contributed by atoms with van der Waals surface area (Å²) in [5.41, 5.74) is 0.766. The minimum absolute atomic E-state index is 0.356. The molecule has 1 fully saturated rings. The first-order valence-corrected chi connectivity index (χ1v) is 6.67. The molecule has 7 heteroatoms. The Morgan fingerprint density at radius 1 is 1.43 bits per heavy atom. The molecule has 0 radical (unpaired) electrons. The van der Waals surface area contributed by atoms with Gasteiger partial charge in [0.15, 0.2) is 17.6 Å². The molecule has 0 N–H and O–H groups in total. The summed E-state index contributed by atoms with van der Waals surface area (Å²) in [4.78, 5) is 18.0. The maximum Gasteiger partial charge on any atom is 0.336 e. The van der Waals surface area contributed by atoms with Gasteiger partial charge in [0.25, 0.3) is 0 Å². The summed E-state index contributed by atoms with van der Waals surface area (Å²) >= 11 is 0. The van der Waals surface area contributed by atoms with E-state index in [1.54, 1.807) is 26.5 Å². The van der Waals surface area contributed by atoms with E-state index in [-0.39, 0.29) is 5.97 Å². The van der Waals surface area contributed by atoms with Gasteiger partial charge in [-0.2, -0.15) is 0 Å². The van der Waals surface area contributed by atoms with Crippen LogP contribution in [0.5, 0.6) is 11.5 Å². The molecule has 0 spiro atoms. The molecule has 1 unspecified atom stereocenters. The number of pyridine rings is 1. The van der Waals surface area contributed by atoms with E-state index in [0.717, 1.165) is 12.2 Å². The molecule has 21 heavy (non-hydrogen) atoms. The molecular weight excluding hydrogens is 276 g/mol. The zero-order chi connectivity index (χ0) is 15.2. The number of methoxy groups -OCH3 is 3. The van der Waals surface area contributed by atoms with Crippen LogP contribution in [0.1, 0.15) is 5.69 Å². The third-order valence-electron chi connectivity index (χ3n) is 3.35. The fourth-order valence-electron chi connectivity index (χ4n) is 2.30. The van der Waals surface area contributed by atoms with Crippen LogP contribution in [-0.2, 0) is 20.8 Å². The number of rotatable bonds is 5. The Morgan fingerprint density at radius 3 is 2.90 bits per heavy atom. The quantitative estimate of drug-likeness (QED) is 0.732. The van der Waals surface area contributed by atoms with Gasteiger partial charge in [0.05, 0.1) is 27.9 Å². The normalized spacial score (nSPS) is 19.1. The van der Waals surface area contributed by atoms with Crippen LogP contribution in [0.3, 0.4) is 0 Å².